The van der Waals surface area contributed by atoms with Crippen LogP contribution in [-0.4, -0.2) is 54.2 Å². The summed E-state index contributed by atoms with van der Waals surface area (Å²) < 4.78 is 0. The highest BCUT2D eigenvalue weighted by molar-refractivity contribution is 5.32. The van der Waals surface area contributed by atoms with Gasteiger partial charge in [0.15, 0.2) is 0 Å². The maximum Gasteiger partial charge on any atom is 0.0919 e. The zero-order chi connectivity index (χ0) is 15.4. The molecule has 0 spiro atoms. The minimum atomic E-state index is -0.374. The van der Waals surface area contributed by atoms with Crippen LogP contribution in [0.25, 0.3) is 0 Å². The highest BCUT2D eigenvalue weighted by atomic mass is 16.3. The molecule has 21 heavy (non-hydrogen) atoms. The van der Waals surface area contributed by atoms with E-state index in [4.69, 9.17) is 0 Å². The Morgan fingerprint density at radius 2 is 1.57 bits per heavy atom. The second kappa shape index (κ2) is 7.39. The molecule has 1 aromatic rings. The largest absolute Gasteiger partial charge is 0.387 e. The maximum absolute atomic E-state index is 10.5. The van der Waals surface area contributed by atoms with E-state index in [1.807, 2.05) is 0 Å². The molecule has 118 valence electrons. The van der Waals surface area contributed by atoms with Crippen LogP contribution >= 0.6 is 0 Å². The smallest absolute Gasteiger partial charge is 0.0919 e. The summed E-state index contributed by atoms with van der Waals surface area (Å²) in [5, 5.41) is 10.5. The first kappa shape index (κ1) is 16.5. The van der Waals surface area contributed by atoms with Gasteiger partial charge in [-0.25, -0.2) is 0 Å². The van der Waals surface area contributed by atoms with Crippen LogP contribution in [0.3, 0.4) is 0 Å². The first-order chi connectivity index (χ1) is 9.95. The van der Waals surface area contributed by atoms with Crippen molar-refractivity contribution in [1.82, 2.24) is 9.80 Å². The van der Waals surface area contributed by atoms with E-state index in [1.54, 1.807) is 0 Å². The van der Waals surface area contributed by atoms with Gasteiger partial charge in [-0.1, -0.05) is 37.6 Å². The molecule has 1 fully saturated rings. The van der Waals surface area contributed by atoms with Crippen molar-refractivity contribution in [2.24, 2.45) is 5.92 Å². The number of β-amino-alcohol motifs (C(OH)–C–C–N with tert-alkyl or cyclic N) is 1. The minimum Gasteiger partial charge on any atom is -0.387 e. The van der Waals surface area contributed by atoms with Crippen molar-refractivity contribution in [1.29, 1.82) is 0 Å². The number of hydrogen-bond acceptors (Lipinski definition) is 3. The first-order valence-corrected chi connectivity index (χ1v) is 8.15. The van der Waals surface area contributed by atoms with Crippen molar-refractivity contribution in [2.45, 2.75) is 33.8 Å². The Hall–Kier alpha value is -0.900. The summed E-state index contributed by atoms with van der Waals surface area (Å²) in [6.07, 6.45) is -0.374. The van der Waals surface area contributed by atoms with Gasteiger partial charge in [-0.05, 0) is 30.9 Å². The normalized spacial score (nSPS) is 19.1. The average Bonchev–Trinajstić information content (AvgIpc) is 2.43. The standard InChI is InChI=1S/C18H30N2O/c1-14(2)12-19-7-9-20(10-8-19)13-18(21)17-11-15(3)5-6-16(17)4/h5-6,11,14,18,21H,7-10,12-13H2,1-4H3. The molecule has 0 bridgehead atoms. The lowest BCUT2D eigenvalue weighted by Crippen LogP contribution is -2.48. The van der Waals surface area contributed by atoms with E-state index in [0.29, 0.717) is 0 Å². The Bertz CT molecular complexity index is 451. The Morgan fingerprint density at radius 1 is 1.00 bits per heavy atom. The Morgan fingerprint density at radius 3 is 2.14 bits per heavy atom. The summed E-state index contributed by atoms with van der Waals surface area (Å²) in [6.45, 7) is 15.0. The van der Waals surface area contributed by atoms with Crippen molar-refractivity contribution >= 4 is 0 Å². The van der Waals surface area contributed by atoms with Gasteiger partial charge in [-0.2, -0.15) is 0 Å². The van der Waals surface area contributed by atoms with Crippen molar-refractivity contribution in [3.63, 3.8) is 0 Å². The van der Waals surface area contributed by atoms with Gasteiger partial charge < -0.3 is 10.0 Å². The molecule has 1 aromatic carbocycles. The molecule has 1 unspecified atom stereocenters. The van der Waals surface area contributed by atoms with Gasteiger partial charge in [0.05, 0.1) is 6.10 Å². The molecule has 1 N–H and O–H groups in total. The number of hydrogen-bond donors (Lipinski definition) is 1. The number of aryl methyl sites for hydroxylation is 2. The zero-order valence-corrected chi connectivity index (χ0v) is 14.0. The molecule has 0 aliphatic carbocycles. The summed E-state index contributed by atoms with van der Waals surface area (Å²) >= 11 is 0. The molecule has 1 atom stereocenters. The molecule has 1 heterocycles. The van der Waals surface area contributed by atoms with Crippen LogP contribution in [0.5, 0.6) is 0 Å². The van der Waals surface area contributed by atoms with Gasteiger partial charge in [-0.3, -0.25) is 4.90 Å². The highest BCUT2D eigenvalue weighted by Gasteiger charge is 2.21. The second-order valence-electron chi connectivity index (χ2n) is 6.87. The van der Waals surface area contributed by atoms with E-state index >= 15 is 0 Å². The fourth-order valence-corrected chi connectivity index (χ4v) is 3.13. The third-order valence-corrected chi connectivity index (χ3v) is 4.31. The molecule has 0 radical (unpaired) electrons. The van der Waals surface area contributed by atoms with Crippen LogP contribution in [0.15, 0.2) is 18.2 Å². The molecule has 3 nitrogen and oxygen atoms in total. The molecular formula is C18H30N2O. The third-order valence-electron chi connectivity index (χ3n) is 4.31. The highest BCUT2D eigenvalue weighted by Crippen LogP contribution is 2.20. The van der Waals surface area contributed by atoms with Gasteiger partial charge in [-0.15, -0.1) is 0 Å². The van der Waals surface area contributed by atoms with Crippen molar-refractivity contribution in [2.75, 3.05) is 39.3 Å². The van der Waals surface area contributed by atoms with E-state index in [2.05, 4.69) is 55.7 Å². The van der Waals surface area contributed by atoms with Gasteiger partial charge in [0.25, 0.3) is 0 Å². The van der Waals surface area contributed by atoms with E-state index < -0.39 is 0 Å². The van der Waals surface area contributed by atoms with Crippen molar-refractivity contribution in [3.8, 4) is 0 Å². The van der Waals surface area contributed by atoms with Crippen LogP contribution in [0.2, 0.25) is 0 Å². The number of aliphatic hydroxyl groups is 1. The Labute approximate surface area is 129 Å². The minimum absolute atomic E-state index is 0.374. The predicted octanol–water partition coefficient (Wildman–Crippen LogP) is 2.61. The summed E-state index contributed by atoms with van der Waals surface area (Å²) in [5.74, 6) is 0.733. The van der Waals surface area contributed by atoms with Gasteiger partial charge in [0.2, 0.25) is 0 Å². The van der Waals surface area contributed by atoms with Crippen molar-refractivity contribution < 1.29 is 5.11 Å². The number of benzene rings is 1. The molecule has 1 aliphatic heterocycles. The maximum atomic E-state index is 10.5. The van der Waals surface area contributed by atoms with Crippen LogP contribution in [-0.2, 0) is 0 Å². The summed E-state index contributed by atoms with van der Waals surface area (Å²) in [4.78, 5) is 4.93. The fraction of sp³-hybridized carbons (Fsp3) is 0.667. The molecule has 0 amide bonds. The number of aliphatic hydroxyl groups excluding tert-OH is 1. The Kier molecular flexibility index (Phi) is 5.80. The topological polar surface area (TPSA) is 26.7 Å². The first-order valence-electron chi connectivity index (χ1n) is 8.15. The third kappa shape index (κ3) is 4.80. The summed E-state index contributed by atoms with van der Waals surface area (Å²) in [5.41, 5.74) is 3.49. The average molecular weight is 290 g/mol. The van der Waals surface area contributed by atoms with E-state index in [-0.39, 0.29) is 6.10 Å². The van der Waals surface area contributed by atoms with Gasteiger partial charge in [0, 0.05) is 39.3 Å². The lowest BCUT2D eigenvalue weighted by molar-refractivity contribution is 0.0684. The number of rotatable bonds is 5. The quantitative estimate of drug-likeness (QED) is 0.903. The number of nitrogens with zero attached hydrogens (tertiary/aromatic N) is 2. The molecule has 1 aliphatic rings. The molecule has 1 saturated heterocycles. The molecule has 2 rings (SSSR count). The zero-order valence-electron chi connectivity index (χ0n) is 14.0. The molecule has 3 heteroatoms. The molecule has 0 aromatic heterocycles. The van der Waals surface area contributed by atoms with E-state index in [1.165, 1.54) is 17.7 Å². The van der Waals surface area contributed by atoms with Crippen LogP contribution < -0.4 is 0 Å². The van der Waals surface area contributed by atoms with Crippen molar-refractivity contribution in [3.05, 3.63) is 34.9 Å². The lowest BCUT2D eigenvalue weighted by Gasteiger charge is -2.36. The van der Waals surface area contributed by atoms with E-state index in [0.717, 1.165) is 44.2 Å². The fourth-order valence-electron chi connectivity index (χ4n) is 3.13. The van der Waals surface area contributed by atoms with Crippen LogP contribution in [0.4, 0.5) is 0 Å². The molecule has 0 saturated carbocycles. The summed E-state index contributed by atoms with van der Waals surface area (Å²) in [7, 11) is 0. The van der Waals surface area contributed by atoms with Crippen LogP contribution in [0, 0.1) is 19.8 Å². The SMILES string of the molecule is Cc1ccc(C)c(C(O)CN2CCN(CC(C)C)CC2)c1. The predicted molar refractivity (Wildman–Crippen MR) is 88.6 cm³/mol. The Balaban J connectivity index is 1.87. The van der Waals surface area contributed by atoms with E-state index in [9.17, 15) is 5.11 Å². The lowest BCUT2D eigenvalue weighted by atomic mass is 10.0. The van der Waals surface area contributed by atoms with Gasteiger partial charge >= 0.3 is 0 Å². The summed E-state index contributed by atoms with van der Waals surface area (Å²) in [6, 6.07) is 6.33. The van der Waals surface area contributed by atoms with Gasteiger partial charge in [0.1, 0.15) is 0 Å². The van der Waals surface area contributed by atoms with Crippen LogP contribution in [0.1, 0.15) is 36.6 Å². The molecular weight excluding hydrogens is 260 g/mol. The number of piperazine rings is 1. The monoisotopic (exact) mass is 290 g/mol. The second-order valence-corrected chi connectivity index (χ2v) is 6.87.